The maximum atomic E-state index is 3.59. The zero-order chi connectivity index (χ0) is 9.80. The first-order valence-electron chi connectivity index (χ1n) is 4.98. The van der Waals surface area contributed by atoms with E-state index in [1.165, 1.54) is 18.5 Å². The number of para-hydroxylation sites is 1. The minimum Gasteiger partial charge on any atom is -0.379 e. The van der Waals surface area contributed by atoms with Crippen LogP contribution in [0.2, 0.25) is 0 Å². The summed E-state index contributed by atoms with van der Waals surface area (Å²) < 4.78 is 0. The molecule has 2 heteroatoms. The van der Waals surface area contributed by atoms with Crippen LogP contribution >= 0.6 is 15.9 Å². The number of hydrogen-bond acceptors (Lipinski definition) is 1. The van der Waals surface area contributed by atoms with E-state index in [1.807, 2.05) is 6.07 Å². The normalized spacial score (nSPS) is 26.1. The fourth-order valence-corrected chi connectivity index (χ4v) is 2.10. The van der Waals surface area contributed by atoms with Crippen molar-refractivity contribution in [2.45, 2.75) is 23.7 Å². The zero-order valence-electron chi connectivity index (χ0n) is 7.99. The third kappa shape index (κ3) is 2.61. The first-order valence-corrected chi connectivity index (χ1v) is 5.90. The summed E-state index contributed by atoms with van der Waals surface area (Å²) in [4.78, 5) is 0.566. The van der Waals surface area contributed by atoms with Crippen molar-refractivity contribution in [1.29, 1.82) is 0 Å². The molecule has 0 spiro atoms. The van der Waals surface area contributed by atoms with Crippen molar-refractivity contribution < 1.29 is 0 Å². The van der Waals surface area contributed by atoms with Gasteiger partial charge in [0.05, 0.1) is 0 Å². The van der Waals surface area contributed by atoms with E-state index in [2.05, 4.69) is 57.7 Å². The predicted molar refractivity (Wildman–Crippen MR) is 64.9 cm³/mol. The second-order valence-corrected chi connectivity index (χ2v) is 4.77. The molecule has 0 aromatic heterocycles. The molecule has 1 aromatic rings. The number of rotatable bonds is 2. The van der Waals surface area contributed by atoms with Gasteiger partial charge in [-0.2, -0.15) is 0 Å². The third-order valence-electron chi connectivity index (χ3n) is 2.43. The molecule has 1 N–H and O–H groups in total. The molecule has 0 aliphatic heterocycles. The van der Waals surface area contributed by atoms with Gasteiger partial charge < -0.3 is 5.32 Å². The van der Waals surface area contributed by atoms with E-state index >= 15 is 0 Å². The van der Waals surface area contributed by atoms with Crippen molar-refractivity contribution in [2.24, 2.45) is 0 Å². The van der Waals surface area contributed by atoms with Gasteiger partial charge in [-0.1, -0.05) is 46.3 Å². The standard InChI is InChI=1S/C12H14BrN/c13-10-6-8-12(9-7-10)14-11-4-2-1-3-5-11/h1-6,8,10,12,14H,7,9H2. The van der Waals surface area contributed by atoms with Gasteiger partial charge in [0.2, 0.25) is 0 Å². The minimum absolute atomic E-state index is 0.492. The summed E-state index contributed by atoms with van der Waals surface area (Å²) in [6, 6.07) is 10.9. The molecule has 1 nitrogen and oxygen atoms in total. The highest BCUT2D eigenvalue weighted by Crippen LogP contribution is 2.20. The smallest absolute Gasteiger partial charge is 0.0445 e. The summed E-state index contributed by atoms with van der Waals surface area (Å²) in [5, 5.41) is 3.49. The number of nitrogens with one attached hydrogen (secondary N) is 1. The van der Waals surface area contributed by atoms with Crippen molar-refractivity contribution in [2.75, 3.05) is 5.32 Å². The van der Waals surface area contributed by atoms with E-state index in [9.17, 15) is 0 Å². The van der Waals surface area contributed by atoms with Crippen LogP contribution in [0.4, 0.5) is 5.69 Å². The van der Waals surface area contributed by atoms with Crippen molar-refractivity contribution in [1.82, 2.24) is 0 Å². The van der Waals surface area contributed by atoms with Crippen LogP contribution < -0.4 is 5.32 Å². The molecule has 0 saturated carbocycles. The molecule has 0 radical (unpaired) electrons. The van der Waals surface area contributed by atoms with E-state index in [0.717, 1.165) is 0 Å². The number of allylic oxidation sites excluding steroid dienone is 1. The van der Waals surface area contributed by atoms with Gasteiger partial charge in [0.15, 0.2) is 0 Å². The van der Waals surface area contributed by atoms with Gasteiger partial charge >= 0.3 is 0 Å². The van der Waals surface area contributed by atoms with Crippen molar-refractivity contribution in [3.05, 3.63) is 42.5 Å². The highest BCUT2D eigenvalue weighted by molar-refractivity contribution is 9.09. The molecule has 74 valence electrons. The van der Waals surface area contributed by atoms with E-state index in [4.69, 9.17) is 0 Å². The Kier molecular flexibility index (Phi) is 3.25. The van der Waals surface area contributed by atoms with E-state index in [-0.39, 0.29) is 0 Å². The highest BCUT2D eigenvalue weighted by atomic mass is 79.9. The SMILES string of the molecule is BrC1C=CC(Nc2ccccc2)CC1. The van der Waals surface area contributed by atoms with E-state index in [0.29, 0.717) is 10.9 Å². The largest absolute Gasteiger partial charge is 0.379 e. The van der Waals surface area contributed by atoms with Crippen LogP contribution in [0.3, 0.4) is 0 Å². The Morgan fingerprint density at radius 1 is 1.07 bits per heavy atom. The van der Waals surface area contributed by atoms with Crippen LogP contribution in [0, 0.1) is 0 Å². The number of alkyl halides is 1. The van der Waals surface area contributed by atoms with Crippen LogP contribution in [-0.2, 0) is 0 Å². The molecule has 2 rings (SSSR count). The molecular formula is C12H14BrN. The number of halogens is 1. The van der Waals surface area contributed by atoms with Crippen LogP contribution in [-0.4, -0.2) is 10.9 Å². The number of hydrogen-bond donors (Lipinski definition) is 1. The quantitative estimate of drug-likeness (QED) is 0.626. The molecule has 0 amide bonds. The monoisotopic (exact) mass is 251 g/mol. The Hall–Kier alpha value is -0.760. The molecule has 1 aliphatic carbocycles. The Balaban J connectivity index is 1.96. The molecule has 0 bridgehead atoms. The molecule has 0 heterocycles. The second kappa shape index (κ2) is 4.65. The average molecular weight is 252 g/mol. The highest BCUT2D eigenvalue weighted by Gasteiger charge is 2.12. The van der Waals surface area contributed by atoms with E-state index < -0.39 is 0 Å². The molecule has 2 unspecified atom stereocenters. The van der Waals surface area contributed by atoms with Gasteiger partial charge in [0.25, 0.3) is 0 Å². The fourth-order valence-electron chi connectivity index (χ4n) is 1.65. The number of anilines is 1. The second-order valence-electron chi connectivity index (χ2n) is 3.60. The molecular weight excluding hydrogens is 238 g/mol. The zero-order valence-corrected chi connectivity index (χ0v) is 9.57. The first kappa shape index (κ1) is 9.78. The van der Waals surface area contributed by atoms with Crippen LogP contribution in [0.1, 0.15) is 12.8 Å². The maximum Gasteiger partial charge on any atom is 0.0445 e. The summed E-state index contributed by atoms with van der Waals surface area (Å²) in [6.07, 6.45) is 6.88. The lowest BCUT2D eigenvalue weighted by Gasteiger charge is -2.21. The van der Waals surface area contributed by atoms with Crippen LogP contribution in [0.15, 0.2) is 42.5 Å². The fraction of sp³-hybridized carbons (Fsp3) is 0.333. The van der Waals surface area contributed by atoms with Crippen LogP contribution in [0.25, 0.3) is 0 Å². The van der Waals surface area contributed by atoms with Gasteiger partial charge in [-0.05, 0) is 25.0 Å². The lowest BCUT2D eigenvalue weighted by atomic mass is 10.0. The van der Waals surface area contributed by atoms with Gasteiger partial charge in [0.1, 0.15) is 0 Å². The molecule has 0 fully saturated rings. The number of benzene rings is 1. The van der Waals surface area contributed by atoms with Crippen molar-refractivity contribution in [3.8, 4) is 0 Å². The average Bonchev–Trinajstić information content (AvgIpc) is 2.23. The van der Waals surface area contributed by atoms with E-state index in [1.54, 1.807) is 0 Å². The topological polar surface area (TPSA) is 12.0 Å². The van der Waals surface area contributed by atoms with Gasteiger partial charge in [0, 0.05) is 16.6 Å². The Bertz CT molecular complexity index is 307. The maximum absolute atomic E-state index is 3.59. The molecule has 0 saturated heterocycles. The van der Waals surface area contributed by atoms with Crippen molar-refractivity contribution in [3.63, 3.8) is 0 Å². The van der Waals surface area contributed by atoms with Crippen LogP contribution in [0.5, 0.6) is 0 Å². The molecule has 2 atom stereocenters. The summed E-state index contributed by atoms with van der Waals surface area (Å²) >= 11 is 3.59. The van der Waals surface area contributed by atoms with Crippen molar-refractivity contribution >= 4 is 21.6 Å². The summed E-state index contributed by atoms with van der Waals surface area (Å²) in [5.74, 6) is 0. The van der Waals surface area contributed by atoms with Gasteiger partial charge in [-0.15, -0.1) is 0 Å². The third-order valence-corrected chi connectivity index (χ3v) is 3.19. The first-order chi connectivity index (χ1) is 6.84. The van der Waals surface area contributed by atoms with Gasteiger partial charge in [-0.25, -0.2) is 0 Å². The lowest BCUT2D eigenvalue weighted by molar-refractivity contribution is 0.687. The lowest BCUT2D eigenvalue weighted by Crippen LogP contribution is -2.21. The minimum atomic E-state index is 0.492. The summed E-state index contributed by atoms with van der Waals surface area (Å²) in [5.41, 5.74) is 1.20. The Labute approximate surface area is 93.3 Å². The summed E-state index contributed by atoms with van der Waals surface area (Å²) in [7, 11) is 0. The molecule has 1 aromatic carbocycles. The molecule has 1 aliphatic rings. The van der Waals surface area contributed by atoms with Gasteiger partial charge in [-0.3, -0.25) is 0 Å². The Morgan fingerprint density at radius 2 is 1.86 bits per heavy atom. The predicted octanol–water partition coefficient (Wildman–Crippen LogP) is 3.58. The Morgan fingerprint density at radius 3 is 2.50 bits per heavy atom. The summed E-state index contributed by atoms with van der Waals surface area (Å²) in [6.45, 7) is 0. The molecule has 14 heavy (non-hydrogen) atoms.